The van der Waals surface area contributed by atoms with Crippen molar-refractivity contribution < 1.29 is 51.5 Å². The van der Waals surface area contributed by atoms with Crippen molar-refractivity contribution in [3.8, 4) is 17.1 Å². The number of ether oxygens (including phenoxy) is 2. The normalized spacial score (nSPS) is 14.2. The number of hydrogen-bond donors (Lipinski definition) is 2. The first-order valence-electron chi connectivity index (χ1n) is 21.8. The van der Waals surface area contributed by atoms with Crippen molar-refractivity contribution >= 4 is 37.1 Å². The highest BCUT2D eigenvalue weighted by molar-refractivity contribution is 7.62. The van der Waals surface area contributed by atoms with Crippen LogP contribution in [-0.2, 0) is 39.3 Å². The number of nitrogens with zero attached hydrogens (tertiary/aromatic N) is 2. The lowest BCUT2D eigenvalue weighted by atomic mass is 9.90. The Labute approximate surface area is 360 Å². The highest BCUT2D eigenvalue weighted by Gasteiger charge is 2.34. The standard InChI is InChI=1S/C45H65N4O11P/c1-6-11-14-15-39(40(9-4)49(33-50)60-45(53)35-18-16-34(17-19-35)31-48-22-26-55-27-23-48)43(51)46-32-47-44(52)42-21-20-41(59-42)36-28-37(56-10-5)30-38(29-36)61(54,57-24-12-7-2)58-25-13-8-3/h16-21,28-30,33,39-40H,6-15,22-27,31-32H2,1-5H3,(H,46,51)(H,47,52)/t39-,40-/m1/s1. The molecule has 1 aliphatic rings. The molecule has 1 aromatic heterocycles. The minimum absolute atomic E-state index is 0.0201. The molecule has 0 aliphatic carbocycles. The maximum Gasteiger partial charge on any atom is 0.363 e. The largest absolute Gasteiger partial charge is 0.494 e. The average molecular weight is 869 g/mol. The van der Waals surface area contributed by atoms with Crippen LogP contribution in [0, 0.1) is 5.92 Å². The highest BCUT2D eigenvalue weighted by atomic mass is 31.2. The maximum absolute atomic E-state index is 14.1. The molecule has 0 unspecified atom stereocenters. The third-order valence-electron chi connectivity index (χ3n) is 10.3. The summed E-state index contributed by atoms with van der Waals surface area (Å²) in [6, 6.07) is 14.4. The van der Waals surface area contributed by atoms with Crippen LogP contribution in [0.5, 0.6) is 5.75 Å². The summed E-state index contributed by atoms with van der Waals surface area (Å²) in [5.74, 6) is -1.71. The molecule has 3 amide bonds. The van der Waals surface area contributed by atoms with Gasteiger partial charge in [-0.15, -0.1) is 0 Å². The van der Waals surface area contributed by atoms with Crippen LogP contribution in [0.4, 0.5) is 0 Å². The van der Waals surface area contributed by atoms with Gasteiger partial charge in [-0.3, -0.25) is 23.8 Å². The molecule has 0 spiro atoms. The average Bonchev–Trinajstić information content (AvgIpc) is 3.77. The smallest absolute Gasteiger partial charge is 0.363 e. The molecule has 2 N–H and O–H groups in total. The van der Waals surface area contributed by atoms with Gasteiger partial charge >= 0.3 is 13.6 Å². The second-order valence-corrected chi connectivity index (χ2v) is 16.9. The first kappa shape index (κ1) is 49.1. The van der Waals surface area contributed by atoms with E-state index in [9.17, 15) is 23.7 Å². The predicted molar refractivity (Wildman–Crippen MR) is 232 cm³/mol. The van der Waals surface area contributed by atoms with Gasteiger partial charge in [0.15, 0.2) is 5.76 Å². The Bertz CT molecular complexity index is 1850. The van der Waals surface area contributed by atoms with Gasteiger partial charge in [0.2, 0.25) is 12.3 Å². The minimum Gasteiger partial charge on any atom is -0.494 e. The number of carbonyl (C=O) groups is 4. The van der Waals surface area contributed by atoms with Gasteiger partial charge in [-0.2, -0.15) is 5.06 Å². The second kappa shape index (κ2) is 26.1. The lowest BCUT2D eigenvalue weighted by molar-refractivity contribution is -0.171. The number of hydroxylamine groups is 2. The van der Waals surface area contributed by atoms with Crippen molar-refractivity contribution in [1.29, 1.82) is 0 Å². The minimum atomic E-state index is -3.72. The van der Waals surface area contributed by atoms with Crippen molar-refractivity contribution in [2.45, 2.75) is 105 Å². The molecule has 1 aliphatic heterocycles. The fourth-order valence-corrected chi connectivity index (χ4v) is 8.55. The van der Waals surface area contributed by atoms with E-state index in [-0.39, 0.29) is 31.2 Å². The van der Waals surface area contributed by atoms with Crippen molar-refractivity contribution in [1.82, 2.24) is 20.6 Å². The predicted octanol–water partition coefficient (Wildman–Crippen LogP) is 7.64. The number of furan rings is 1. The lowest BCUT2D eigenvalue weighted by Crippen LogP contribution is -2.49. The molecule has 61 heavy (non-hydrogen) atoms. The van der Waals surface area contributed by atoms with E-state index in [1.165, 1.54) is 6.07 Å². The molecule has 0 saturated carbocycles. The summed E-state index contributed by atoms with van der Waals surface area (Å²) in [7, 11) is -3.72. The quantitative estimate of drug-likeness (QED) is 0.0240. The van der Waals surface area contributed by atoms with Crippen molar-refractivity contribution in [3.05, 3.63) is 71.5 Å². The van der Waals surface area contributed by atoms with Crippen molar-refractivity contribution in [3.63, 3.8) is 0 Å². The zero-order chi connectivity index (χ0) is 44.0. The van der Waals surface area contributed by atoms with Crippen LogP contribution in [0.2, 0.25) is 0 Å². The highest BCUT2D eigenvalue weighted by Crippen LogP contribution is 2.49. The third kappa shape index (κ3) is 15.1. The molecule has 1 saturated heterocycles. The van der Waals surface area contributed by atoms with Crippen LogP contribution in [-0.4, -0.2) is 93.0 Å². The van der Waals surface area contributed by atoms with Crippen LogP contribution in [0.3, 0.4) is 0 Å². The monoisotopic (exact) mass is 868 g/mol. The fourth-order valence-electron chi connectivity index (χ4n) is 6.86. The van der Waals surface area contributed by atoms with E-state index in [1.54, 1.807) is 36.4 Å². The van der Waals surface area contributed by atoms with Gasteiger partial charge < -0.3 is 38.4 Å². The molecule has 2 atom stereocenters. The number of amides is 3. The SMILES string of the molecule is CCCCC[C@@H](C(=O)NCNC(=O)c1ccc(-c2cc(OCC)cc(P(=O)(OCCCC)OCCCC)c2)o1)[C@@H](CC)N(C=O)OC(=O)c1ccc(CN2CCOCC2)cc1. The number of hydrogen-bond acceptors (Lipinski definition) is 12. The van der Waals surface area contributed by atoms with E-state index in [0.29, 0.717) is 80.7 Å². The Balaban J connectivity index is 1.42. The lowest BCUT2D eigenvalue weighted by Gasteiger charge is -2.31. The van der Waals surface area contributed by atoms with Crippen molar-refractivity contribution in [2.75, 3.05) is 52.8 Å². The van der Waals surface area contributed by atoms with E-state index < -0.39 is 37.3 Å². The Morgan fingerprint density at radius 2 is 1.56 bits per heavy atom. The van der Waals surface area contributed by atoms with Gasteiger partial charge in [0.25, 0.3) is 5.91 Å². The van der Waals surface area contributed by atoms with Gasteiger partial charge in [-0.1, -0.05) is 71.9 Å². The Hall–Kier alpha value is -4.53. The molecule has 2 heterocycles. The number of unbranched alkanes of at least 4 members (excludes halogenated alkanes) is 4. The summed E-state index contributed by atoms with van der Waals surface area (Å²) in [6.07, 6.45) is 6.82. The molecular weight excluding hydrogens is 803 g/mol. The first-order chi connectivity index (χ1) is 29.6. The Kier molecular flexibility index (Phi) is 21.0. The number of carbonyl (C=O) groups excluding carboxylic acids is 4. The zero-order valence-corrected chi connectivity index (χ0v) is 37.4. The number of rotatable bonds is 28. The van der Waals surface area contributed by atoms with Crippen LogP contribution < -0.4 is 20.7 Å². The van der Waals surface area contributed by atoms with Gasteiger partial charge in [0, 0.05) is 25.2 Å². The molecule has 1 fully saturated rings. The van der Waals surface area contributed by atoms with E-state index in [2.05, 4.69) is 15.5 Å². The van der Waals surface area contributed by atoms with Crippen molar-refractivity contribution in [2.24, 2.45) is 5.92 Å². The Morgan fingerprint density at radius 1 is 0.869 bits per heavy atom. The van der Waals surface area contributed by atoms with Gasteiger partial charge in [-0.05, 0) is 80.6 Å². The summed E-state index contributed by atoms with van der Waals surface area (Å²) in [5, 5.41) is 6.70. The maximum atomic E-state index is 14.1. The number of nitrogens with one attached hydrogen (secondary N) is 2. The Morgan fingerprint density at radius 3 is 2.18 bits per heavy atom. The van der Waals surface area contributed by atoms with E-state index in [1.807, 2.05) is 46.8 Å². The van der Waals surface area contributed by atoms with Crippen LogP contribution in [0.15, 0.2) is 59.0 Å². The zero-order valence-electron chi connectivity index (χ0n) is 36.5. The van der Waals surface area contributed by atoms with Crippen LogP contribution in [0.1, 0.15) is 119 Å². The van der Waals surface area contributed by atoms with Gasteiger partial charge in [-0.25, -0.2) is 4.79 Å². The molecular formula is C45H65N4O11P. The van der Waals surface area contributed by atoms with Crippen LogP contribution >= 0.6 is 7.60 Å². The van der Waals surface area contributed by atoms with Gasteiger partial charge in [0.1, 0.15) is 11.5 Å². The summed E-state index contributed by atoms with van der Waals surface area (Å²) in [5.41, 5.74) is 1.82. The molecule has 0 radical (unpaired) electrons. The first-order valence-corrected chi connectivity index (χ1v) is 23.3. The molecule has 4 rings (SSSR count). The summed E-state index contributed by atoms with van der Waals surface area (Å²) in [6.45, 7) is 14.2. The second-order valence-electron chi connectivity index (χ2n) is 14.9. The third-order valence-corrected chi connectivity index (χ3v) is 12.3. The molecule has 3 aromatic rings. The van der Waals surface area contributed by atoms with E-state index in [0.717, 1.165) is 55.9 Å². The molecule has 16 heteroatoms. The molecule has 15 nitrogen and oxygen atoms in total. The molecule has 0 bridgehead atoms. The summed E-state index contributed by atoms with van der Waals surface area (Å²) < 4.78 is 43.1. The summed E-state index contributed by atoms with van der Waals surface area (Å²) in [4.78, 5) is 60.5. The van der Waals surface area contributed by atoms with E-state index in [4.69, 9.17) is 27.8 Å². The van der Waals surface area contributed by atoms with Gasteiger partial charge in [0.05, 0.1) is 62.5 Å². The summed E-state index contributed by atoms with van der Waals surface area (Å²) >= 11 is 0. The van der Waals surface area contributed by atoms with Crippen LogP contribution in [0.25, 0.3) is 11.3 Å². The topological polar surface area (TPSA) is 175 Å². The molecule has 336 valence electrons. The fraction of sp³-hybridized carbons (Fsp3) is 0.556. The van der Waals surface area contributed by atoms with E-state index >= 15 is 0 Å². The number of morpholine rings is 1. The molecule has 2 aromatic carbocycles. The number of benzene rings is 2.